The fourth-order valence-corrected chi connectivity index (χ4v) is 4.79. The van der Waals surface area contributed by atoms with Crippen LogP contribution >= 0.6 is 0 Å². The number of allylic oxidation sites excluding steroid dienone is 2. The number of ether oxygens (including phenoxy) is 1. The lowest BCUT2D eigenvalue weighted by Crippen LogP contribution is -2.44. The van der Waals surface area contributed by atoms with Gasteiger partial charge in [0.25, 0.3) is 0 Å². The Hall–Kier alpha value is -1.65. The van der Waals surface area contributed by atoms with E-state index in [9.17, 15) is 4.39 Å². The number of likely N-dealkylation sites (N-methyl/N-ethyl adjacent to an activating group) is 1. The van der Waals surface area contributed by atoms with Gasteiger partial charge in [0.05, 0.1) is 12.1 Å². The van der Waals surface area contributed by atoms with Gasteiger partial charge >= 0.3 is 0 Å². The molecule has 3 nitrogen and oxygen atoms in total. The molecule has 0 spiro atoms. The molecule has 25 heavy (non-hydrogen) atoms. The smallest absolute Gasteiger partial charge is 0.131 e. The lowest BCUT2D eigenvalue weighted by atomic mass is 9.77. The van der Waals surface area contributed by atoms with Crippen LogP contribution in [0.15, 0.2) is 48.3 Å². The van der Waals surface area contributed by atoms with E-state index in [0.29, 0.717) is 0 Å². The molecule has 0 amide bonds. The fraction of sp³-hybridized carbons (Fsp3) is 0.524. The van der Waals surface area contributed by atoms with Crippen molar-refractivity contribution in [3.63, 3.8) is 0 Å². The minimum atomic E-state index is -0.190. The van der Waals surface area contributed by atoms with Crippen LogP contribution in [0.1, 0.15) is 25.5 Å². The van der Waals surface area contributed by atoms with Crippen molar-refractivity contribution >= 4 is 0 Å². The molecular weight excluding hydrogens is 315 g/mol. The number of nitrogens with zero attached hydrogens (tertiary/aromatic N) is 2. The maximum atomic E-state index is 14.9. The number of rotatable bonds is 3. The van der Waals surface area contributed by atoms with Crippen LogP contribution in [0.3, 0.4) is 0 Å². The monoisotopic (exact) mass is 342 g/mol. The van der Waals surface area contributed by atoms with Gasteiger partial charge in [-0.1, -0.05) is 44.2 Å². The van der Waals surface area contributed by atoms with Crippen LogP contribution in [0, 0.1) is 11.3 Å². The first-order valence-electron chi connectivity index (χ1n) is 9.08. The third kappa shape index (κ3) is 2.72. The number of fused-ring (bicyclic) bond motifs is 2. The number of benzene rings is 1. The van der Waals surface area contributed by atoms with E-state index in [0.717, 1.165) is 18.8 Å². The minimum Gasteiger partial charge on any atom is -0.487 e. The van der Waals surface area contributed by atoms with Crippen LogP contribution < -0.4 is 4.74 Å². The first kappa shape index (κ1) is 16.8. The molecule has 1 aromatic carbocycles. The molecule has 1 saturated heterocycles. The summed E-state index contributed by atoms with van der Waals surface area (Å²) < 4.78 is 21.2. The van der Waals surface area contributed by atoms with Crippen molar-refractivity contribution in [1.29, 1.82) is 0 Å². The summed E-state index contributed by atoms with van der Waals surface area (Å²) in [6.07, 6.45) is 5.69. The SMILES string of the molecule is CN(C)C[C@@H]1Oc2ccccc2[C@H]1N1CC(C)(C)C2C=CC=C(F)C21. The van der Waals surface area contributed by atoms with E-state index in [1.807, 2.05) is 18.2 Å². The number of halogens is 1. The van der Waals surface area contributed by atoms with Crippen molar-refractivity contribution in [2.75, 3.05) is 27.2 Å². The standard InChI is InChI=1S/C21H27FN2O/c1-21(2)13-24(20-15(21)9-7-10-16(20)22)19-14-8-5-6-11-17(14)25-18(19)12-23(3)4/h5-11,15,18-20H,12-13H2,1-4H3/t15?,18-,19+,20?/m0/s1. The van der Waals surface area contributed by atoms with Gasteiger partial charge in [-0.3, -0.25) is 4.90 Å². The van der Waals surface area contributed by atoms with Crippen molar-refractivity contribution in [3.05, 3.63) is 53.9 Å². The minimum absolute atomic E-state index is 0.0145. The summed E-state index contributed by atoms with van der Waals surface area (Å²) in [5.41, 5.74) is 1.22. The first-order chi connectivity index (χ1) is 11.9. The second-order valence-corrected chi connectivity index (χ2v) is 8.47. The highest BCUT2D eigenvalue weighted by molar-refractivity contribution is 5.42. The number of likely N-dealkylation sites (tertiary alicyclic amines) is 1. The van der Waals surface area contributed by atoms with E-state index in [1.54, 1.807) is 6.08 Å². The van der Waals surface area contributed by atoms with Gasteiger partial charge in [-0.15, -0.1) is 0 Å². The topological polar surface area (TPSA) is 15.7 Å². The quantitative estimate of drug-likeness (QED) is 0.831. The van der Waals surface area contributed by atoms with Gasteiger partial charge in [0.2, 0.25) is 0 Å². The Kier molecular flexibility index (Phi) is 4.00. The zero-order chi connectivity index (χ0) is 17.8. The van der Waals surface area contributed by atoms with Crippen molar-refractivity contribution in [2.45, 2.75) is 32.0 Å². The summed E-state index contributed by atoms with van der Waals surface area (Å²) in [6, 6.07) is 8.12. The van der Waals surface area contributed by atoms with Crippen molar-refractivity contribution in [3.8, 4) is 5.75 Å². The van der Waals surface area contributed by atoms with Gasteiger partial charge in [-0.2, -0.15) is 0 Å². The molecule has 0 bridgehead atoms. The summed E-state index contributed by atoms with van der Waals surface area (Å²) >= 11 is 0. The van der Waals surface area contributed by atoms with Crippen LogP contribution in [0.5, 0.6) is 5.75 Å². The van der Waals surface area contributed by atoms with Crippen LogP contribution in [-0.2, 0) is 0 Å². The molecule has 0 aromatic heterocycles. The number of hydrogen-bond donors (Lipinski definition) is 0. The van der Waals surface area contributed by atoms with Crippen LogP contribution in [0.25, 0.3) is 0 Å². The molecule has 2 heterocycles. The Balaban J connectivity index is 1.75. The van der Waals surface area contributed by atoms with Gasteiger partial charge in [-0.25, -0.2) is 4.39 Å². The molecule has 3 aliphatic rings. The summed E-state index contributed by atoms with van der Waals surface area (Å²) in [7, 11) is 4.12. The van der Waals surface area contributed by atoms with E-state index in [-0.39, 0.29) is 35.3 Å². The molecule has 1 aromatic rings. The van der Waals surface area contributed by atoms with E-state index in [4.69, 9.17) is 4.74 Å². The lowest BCUT2D eigenvalue weighted by molar-refractivity contribution is 0.0659. The summed E-state index contributed by atoms with van der Waals surface area (Å²) in [6.45, 7) is 6.17. The Morgan fingerprint density at radius 3 is 2.76 bits per heavy atom. The molecule has 4 atom stereocenters. The second kappa shape index (κ2) is 5.96. The highest BCUT2D eigenvalue weighted by Crippen LogP contribution is 2.52. The Bertz CT molecular complexity index is 724. The largest absolute Gasteiger partial charge is 0.487 e. The molecule has 2 aliphatic heterocycles. The van der Waals surface area contributed by atoms with Gasteiger partial charge in [0.1, 0.15) is 17.7 Å². The van der Waals surface area contributed by atoms with Crippen LogP contribution in [0.2, 0.25) is 0 Å². The lowest BCUT2D eigenvalue weighted by Gasteiger charge is -2.35. The van der Waals surface area contributed by atoms with Crippen LogP contribution in [-0.4, -0.2) is 49.1 Å². The molecule has 0 N–H and O–H groups in total. The van der Waals surface area contributed by atoms with Gasteiger partial charge < -0.3 is 9.64 Å². The Morgan fingerprint density at radius 1 is 1.24 bits per heavy atom. The van der Waals surface area contributed by atoms with E-state index in [1.165, 1.54) is 5.56 Å². The molecule has 4 heteroatoms. The predicted octanol–water partition coefficient (Wildman–Crippen LogP) is 3.80. The van der Waals surface area contributed by atoms with E-state index in [2.05, 4.69) is 56.0 Å². The first-order valence-corrected chi connectivity index (χ1v) is 9.08. The van der Waals surface area contributed by atoms with E-state index < -0.39 is 0 Å². The summed E-state index contributed by atoms with van der Waals surface area (Å²) in [4.78, 5) is 4.50. The third-order valence-electron chi connectivity index (χ3n) is 5.82. The Morgan fingerprint density at radius 2 is 2.00 bits per heavy atom. The average molecular weight is 342 g/mol. The zero-order valence-corrected chi connectivity index (χ0v) is 15.4. The van der Waals surface area contributed by atoms with Gasteiger partial charge in [-0.05, 0) is 31.7 Å². The maximum absolute atomic E-state index is 14.9. The maximum Gasteiger partial charge on any atom is 0.131 e. The second-order valence-electron chi connectivity index (χ2n) is 8.47. The van der Waals surface area contributed by atoms with Crippen molar-refractivity contribution in [1.82, 2.24) is 9.80 Å². The highest BCUT2D eigenvalue weighted by Gasteiger charge is 2.53. The van der Waals surface area contributed by atoms with Gasteiger partial charge in [0.15, 0.2) is 0 Å². The molecular formula is C21H27FN2O. The normalized spacial score (nSPS) is 33.1. The fourth-order valence-electron chi connectivity index (χ4n) is 4.79. The number of hydrogen-bond acceptors (Lipinski definition) is 3. The van der Waals surface area contributed by atoms with Gasteiger partial charge in [0, 0.05) is 24.6 Å². The Labute approximate surface area is 149 Å². The molecule has 2 unspecified atom stereocenters. The summed E-state index contributed by atoms with van der Waals surface area (Å²) in [5, 5.41) is 0. The molecule has 0 radical (unpaired) electrons. The third-order valence-corrected chi connectivity index (χ3v) is 5.82. The van der Waals surface area contributed by atoms with Crippen LogP contribution in [0.4, 0.5) is 4.39 Å². The number of para-hydroxylation sites is 1. The molecule has 0 saturated carbocycles. The van der Waals surface area contributed by atoms with Crippen molar-refractivity contribution < 1.29 is 9.13 Å². The predicted molar refractivity (Wildman–Crippen MR) is 98.2 cm³/mol. The summed E-state index contributed by atoms with van der Waals surface area (Å²) in [5.74, 6) is 1.12. The molecule has 134 valence electrons. The average Bonchev–Trinajstić information content (AvgIpc) is 3.02. The zero-order valence-electron chi connectivity index (χ0n) is 15.4. The molecule has 4 rings (SSSR count). The van der Waals surface area contributed by atoms with Crippen molar-refractivity contribution in [2.24, 2.45) is 11.3 Å². The van der Waals surface area contributed by atoms with E-state index >= 15 is 0 Å². The highest BCUT2D eigenvalue weighted by atomic mass is 19.1. The molecule has 1 aliphatic carbocycles. The molecule has 1 fully saturated rings.